The van der Waals surface area contributed by atoms with Crippen molar-refractivity contribution in [1.82, 2.24) is 4.90 Å². The van der Waals surface area contributed by atoms with Crippen LogP contribution >= 0.6 is 11.6 Å². The largest absolute Gasteiger partial charge is 0.372 e. The van der Waals surface area contributed by atoms with Gasteiger partial charge >= 0.3 is 0 Å². The Kier molecular flexibility index (Phi) is 7.00. The van der Waals surface area contributed by atoms with Gasteiger partial charge in [-0.1, -0.05) is 0 Å². The van der Waals surface area contributed by atoms with Gasteiger partial charge in [-0.15, -0.1) is 11.6 Å². The third kappa shape index (κ3) is 6.84. The molecule has 0 bridgehead atoms. The van der Waals surface area contributed by atoms with Crippen LogP contribution in [0.4, 0.5) is 0 Å². The molecule has 0 aliphatic rings. The van der Waals surface area contributed by atoms with Crippen LogP contribution in [0.5, 0.6) is 0 Å². The lowest BCUT2D eigenvalue weighted by molar-refractivity contribution is -0.134. The highest BCUT2D eigenvalue weighted by Gasteiger charge is 2.08. The minimum Gasteiger partial charge on any atom is -0.372 e. The van der Waals surface area contributed by atoms with E-state index in [2.05, 4.69) is 0 Å². The van der Waals surface area contributed by atoms with Gasteiger partial charge in [0.25, 0.3) is 0 Å². The summed E-state index contributed by atoms with van der Waals surface area (Å²) in [5.41, 5.74) is 0. The summed E-state index contributed by atoms with van der Waals surface area (Å²) in [5, 5.41) is 0.113. The fourth-order valence-electron chi connectivity index (χ4n) is 0.796. The molecule has 0 heterocycles. The summed E-state index contributed by atoms with van der Waals surface area (Å²) in [6.07, 6.45) is 0.815. The van der Waals surface area contributed by atoms with Crippen molar-refractivity contribution in [2.45, 2.75) is 25.6 Å². The van der Waals surface area contributed by atoms with E-state index >= 15 is 0 Å². The van der Waals surface area contributed by atoms with E-state index in [1.807, 2.05) is 13.8 Å². The molecule has 0 aromatic heterocycles. The first kappa shape index (κ1) is 12.7. The lowest BCUT2D eigenvalue weighted by Gasteiger charge is -2.17. The molecule has 0 saturated carbocycles. The summed E-state index contributed by atoms with van der Waals surface area (Å²) in [4.78, 5) is 12.9. The zero-order chi connectivity index (χ0) is 10.3. The van der Waals surface area contributed by atoms with Gasteiger partial charge in [-0.2, -0.15) is 0 Å². The van der Waals surface area contributed by atoms with Crippen LogP contribution in [-0.4, -0.2) is 43.0 Å². The second-order valence-corrected chi connectivity index (χ2v) is 3.77. The van der Waals surface area contributed by atoms with Crippen molar-refractivity contribution < 1.29 is 9.53 Å². The topological polar surface area (TPSA) is 29.5 Å². The number of nitrogens with zero attached hydrogens (tertiary/aromatic N) is 1. The average Bonchev–Trinajstić information content (AvgIpc) is 2.10. The van der Waals surface area contributed by atoms with Crippen LogP contribution in [0.15, 0.2) is 0 Å². The monoisotopic (exact) mass is 207 g/mol. The van der Waals surface area contributed by atoms with Crippen LogP contribution in [0, 0.1) is 0 Å². The Morgan fingerprint density at radius 1 is 1.62 bits per heavy atom. The molecule has 3 nitrogen and oxygen atoms in total. The number of rotatable bonds is 6. The van der Waals surface area contributed by atoms with Crippen molar-refractivity contribution in [3.05, 3.63) is 0 Å². The molecule has 0 fully saturated rings. The van der Waals surface area contributed by atoms with Gasteiger partial charge in [0.2, 0.25) is 5.91 Å². The van der Waals surface area contributed by atoms with Crippen LogP contribution in [0.25, 0.3) is 0 Å². The zero-order valence-corrected chi connectivity index (χ0v) is 9.30. The molecule has 0 N–H and O–H groups in total. The Morgan fingerprint density at radius 3 is 2.69 bits per heavy atom. The molecule has 0 saturated heterocycles. The standard InChI is InChI=1S/C9H18ClNO2/c1-4-13-7-9(12)11(3)6-5-8(2)10/h8H,4-7H2,1-3H3. The fraction of sp³-hybridized carbons (Fsp3) is 0.889. The first-order valence-corrected chi connectivity index (χ1v) is 4.97. The van der Waals surface area contributed by atoms with E-state index in [-0.39, 0.29) is 17.9 Å². The number of carbonyl (C=O) groups excluding carboxylic acids is 1. The van der Waals surface area contributed by atoms with Gasteiger partial charge in [-0.05, 0) is 20.3 Å². The maximum atomic E-state index is 11.3. The minimum atomic E-state index is 0.0131. The second kappa shape index (κ2) is 7.15. The van der Waals surface area contributed by atoms with Gasteiger partial charge in [0.05, 0.1) is 0 Å². The molecule has 13 heavy (non-hydrogen) atoms. The molecule has 1 atom stereocenters. The Hall–Kier alpha value is -0.280. The molecular formula is C9H18ClNO2. The highest BCUT2D eigenvalue weighted by atomic mass is 35.5. The Bertz CT molecular complexity index is 151. The normalized spacial score (nSPS) is 12.6. The zero-order valence-electron chi connectivity index (χ0n) is 8.55. The minimum absolute atomic E-state index is 0.0131. The van der Waals surface area contributed by atoms with E-state index in [0.29, 0.717) is 13.2 Å². The van der Waals surface area contributed by atoms with Crippen molar-refractivity contribution in [2.75, 3.05) is 26.8 Å². The lowest BCUT2D eigenvalue weighted by atomic mass is 10.3. The number of ether oxygens (including phenoxy) is 1. The quantitative estimate of drug-likeness (QED) is 0.618. The van der Waals surface area contributed by atoms with E-state index in [1.165, 1.54) is 0 Å². The summed E-state index contributed by atoms with van der Waals surface area (Å²) in [7, 11) is 1.76. The molecule has 1 amide bonds. The number of alkyl halides is 1. The molecular weight excluding hydrogens is 190 g/mol. The molecule has 78 valence electrons. The predicted molar refractivity (Wildman–Crippen MR) is 54.1 cm³/mol. The van der Waals surface area contributed by atoms with Crippen LogP contribution in [0.2, 0.25) is 0 Å². The summed E-state index contributed by atoms with van der Waals surface area (Å²) >= 11 is 5.76. The molecule has 0 aliphatic carbocycles. The molecule has 0 aromatic carbocycles. The first-order valence-electron chi connectivity index (χ1n) is 4.53. The van der Waals surface area contributed by atoms with Gasteiger partial charge in [-0.3, -0.25) is 4.79 Å². The predicted octanol–water partition coefficient (Wildman–Crippen LogP) is 1.50. The van der Waals surface area contributed by atoms with Gasteiger partial charge < -0.3 is 9.64 Å². The second-order valence-electron chi connectivity index (χ2n) is 3.02. The summed E-state index contributed by atoms with van der Waals surface area (Å²) < 4.78 is 5.00. The number of hydrogen-bond donors (Lipinski definition) is 0. The van der Waals surface area contributed by atoms with E-state index in [9.17, 15) is 4.79 Å². The average molecular weight is 208 g/mol. The Labute approximate surface area is 85.0 Å². The molecule has 0 aromatic rings. The van der Waals surface area contributed by atoms with Gasteiger partial charge in [0, 0.05) is 25.6 Å². The highest BCUT2D eigenvalue weighted by molar-refractivity contribution is 6.20. The van der Waals surface area contributed by atoms with Crippen LogP contribution < -0.4 is 0 Å². The van der Waals surface area contributed by atoms with E-state index in [4.69, 9.17) is 16.3 Å². The van der Waals surface area contributed by atoms with Crippen molar-refractivity contribution in [2.24, 2.45) is 0 Å². The Morgan fingerprint density at radius 2 is 2.23 bits per heavy atom. The molecule has 0 rings (SSSR count). The van der Waals surface area contributed by atoms with Crippen LogP contribution in [0.3, 0.4) is 0 Å². The molecule has 0 spiro atoms. The van der Waals surface area contributed by atoms with Crippen molar-refractivity contribution in [3.8, 4) is 0 Å². The van der Waals surface area contributed by atoms with Crippen molar-refractivity contribution in [1.29, 1.82) is 0 Å². The molecule has 4 heteroatoms. The summed E-state index contributed by atoms with van der Waals surface area (Å²) in [6.45, 7) is 5.22. The highest BCUT2D eigenvalue weighted by Crippen LogP contribution is 2.01. The number of halogens is 1. The number of hydrogen-bond acceptors (Lipinski definition) is 2. The maximum Gasteiger partial charge on any atom is 0.248 e. The van der Waals surface area contributed by atoms with Crippen LogP contribution in [0.1, 0.15) is 20.3 Å². The SMILES string of the molecule is CCOCC(=O)N(C)CCC(C)Cl. The maximum absolute atomic E-state index is 11.3. The van der Waals surface area contributed by atoms with Gasteiger partial charge in [0.1, 0.15) is 6.61 Å². The van der Waals surface area contributed by atoms with Gasteiger partial charge in [0.15, 0.2) is 0 Å². The third-order valence-corrected chi connectivity index (χ3v) is 1.94. The van der Waals surface area contributed by atoms with E-state index in [1.54, 1.807) is 11.9 Å². The lowest BCUT2D eigenvalue weighted by Crippen LogP contribution is -2.32. The fourth-order valence-corrected chi connectivity index (χ4v) is 0.893. The summed E-state index contributed by atoms with van der Waals surface area (Å²) in [5.74, 6) is 0.0131. The van der Waals surface area contributed by atoms with E-state index < -0.39 is 0 Å². The number of amides is 1. The summed E-state index contributed by atoms with van der Waals surface area (Å²) in [6, 6.07) is 0. The van der Waals surface area contributed by atoms with Crippen molar-refractivity contribution in [3.63, 3.8) is 0 Å². The Balaban J connectivity index is 3.57. The van der Waals surface area contributed by atoms with Crippen molar-refractivity contribution >= 4 is 17.5 Å². The molecule has 0 radical (unpaired) electrons. The molecule has 0 aliphatic heterocycles. The van der Waals surface area contributed by atoms with E-state index in [0.717, 1.165) is 6.42 Å². The van der Waals surface area contributed by atoms with Gasteiger partial charge in [-0.25, -0.2) is 0 Å². The number of likely N-dealkylation sites (N-methyl/N-ethyl adjacent to an activating group) is 1. The first-order chi connectivity index (χ1) is 6.07. The molecule has 1 unspecified atom stereocenters. The smallest absolute Gasteiger partial charge is 0.248 e. The third-order valence-electron chi connectivity index (χ3n) is 1.72. The van der Waals surface area contributed by atoms with Crippen LogP contribution in [-0.2, 0) is 9.53 Å². The number of carbonyl (C=O) groups is 1.